The zero-order valence-electron chi connectivity index (χ0n) is 12.4. The van der Waals surface area contributed by atoms with Gasteiger partial charge in [0.2, 0.25) is 0 Å². The third-order valence-electron chi connectivity index (χ3n) is 3.75. The Hall–Kier alpha value is -0.810. The van der Waals surface area contributed by atoms with Crippen LogP contribution in [0, 0.1) is 0 Å². The number of benzene rings is 1. The maximum absolute atomic E-state index is 6.42. The highest BCUT2D eigenvalue weighted by Gasteiger charge is 2.33. The van der Waals surface area contributed by atoms with E-state index in [0.717, 1.165) is 36.9 Å². The van der Waals surface area contributed by atoms with Crippen LogP contribution >= 0.6 is 11.6 Å². The minimum Gasteiger partial charge on any atom is -0.377 e. The van der Waals surface area contributed by atoms with Gasteiger partial charge < -0.3 is 19.7 Å². The van der Waals surface area contributed by atoms with Gasteiger partial charge in [0.25, 0.3) is 0 Å². The van der Waals surface area contributed by atoms with Crippen molar-refractivity contribution in [2.75, 3.05) is 38.8 Å². The van der Waals surface area contributed by atoms with E-state index in [1.165, 1.54) is 5.56 Å². The number of hydrogen-bond donors (Lipinski definition) is 1. The molecule has 1 N–H and O–H groups in total. The van der Waals surface area contributed by atoms with Crippen molar-refractivity contribution in [1.82, 2.24) is 5.32 Å². The molecule has 0 bridgehead atoms. The normalized spacial score (nSPS) is 22.5. The molecule has 2 unspecified atom stereocenters. The molecular weight excluding hydrogens is 276 g/mol. The number of halogens is 1. The zero-order chi connectivity index (χ0) is 14.5. The fourth-order valence-corrected chi connectivity index (χ4v) is 2.90. The second-order valence-electron chi connectivity index (χ2n) is 5.02. The van der Waals surface area contributed by atoms with E-state index in [4.69, 9.17) is 21.1 Å². The highest BCUT2D eigenvalue weighted by molar-refractivity contribution is 6.33. The number of ether oxygens (including phenoxy) is 2. The summed E-state index contributed by atoms with van der Waals surface area (Å²) < 4.78 is 10.9. The summed E-state index contributed by atoms with van der Waals surface area (Å²) in [7, 11) is 3.45. The molecule has 0 spiro atoms. The van der Waals surface area contributed by atoms with E-state index in [1.54, 1.807) is 14.2 Å². The molecule has 4 nitrogen and oxygen atoms in total. The molecule has 2 rings (SSSR count). The summed E-state index contributed by atoms with van der Waals surface area (Å²) in [5.41, 5.74) is 2.25. The smallest absolute Gasteiger partial charge is 0.102 e. The molecule has 0 aliphatic carbocycles. The lowest BCUT2D eigenvalue weighted by molar-refractivity contribution is -0.00461. The van der Waals surface area contributed by atoms with Crippen molar-refractivity contribution in [3.63, 3.8) is 0 Å². The van der Waals surface area contributed by atoms with E-state index in [2.05, 4.69) is 29.3 Å². The van der Waals surface area contributed by atoms with Gasteiger partial charge in [-0.1, -0.05) is 24.6 Å². The van der Waals surface area contributed by atoms with Crippen LogP contribution in [0.2, 0.25) is 5.02 Å². The Bertz CT molecular complexity index is 430. The molecule has 1 saturated heterocycles. The molecule has 0 saturated carbocycles. The second-order valence-corrected chi connectivity index (χ2v) is 5.43. The summed E-state index contributed by atoms with van der Waals surface area (Å²) in [6, 6.07) is 6.23. The average molecular weight is 299 g/mol. The van der Waals surface area contributed by atoms with E-state index in [0.29, 0.717) is 0 Å². The molecule has 0 amide bonds. The Balaban J connectivity index is 2.09. The van der Waals surface area contributed by atoms with Gasteiger partial charge in [0.05, 0.1) is 10.7 Å². The van der Waals surface area contributed by atoms with Crippen molar-refractivity contribution in [2.24, 2.45) is 0 Å². The van der Waals surface area contributed by atoms with Crippen molar-refractivity contribution in [1.29, 1.82) is 0 Å². The quantitative estimate of drug-likeness (QED) is 0.874. The first-order valence-corrected chi connectivity index (χ1v) is 7.37. The minimum absolute atomic E-state index is 0.0949. The standard InChI is InChI=1S/C15H23ClN2O2/c1-4-17-8-11-5-6-13(12(16)7-11)18-9-14(19-2)15(10-18)20-3/h5-7,14-15,17H,4,8-10H2,1-3H3. The summed E-state index contributed by atoms with van der Waals surface area (Å²) >= 11 is 6.42. The first-order valence-electron chi connectivity index (χ1n) is 6.99. The molecule has 1 aromatic rings. The van der Waals surface area contributed by atoms with E-state index < -0.39 is 0 Å². The molecule has 1 aliphatic rings. The molecule has 112 valence electrons. The van der Waals surface area contributed by atoms with Gasteiger partial charge in [-0.05, 0) is 24.2 Å². The third kappa shape index (κ3) is 3.44. The molecule has 1 aliphatic heterocycles. The maximum atomic E-state index is 6.42. The predicted molar refractivity (Wildman–Crippen MR) is 82.6 cm³/mol. The topological polar surface area (TPSA) is 33.7 Å². The largest absolute Gasteiger partial charge is 0.377 e. The maximum Gasteiger partial charge on any atom is 0.102 e. The summed E-state index contributed by atoms with van der Waals surface area (Å²) in [6.45, 7) is 5.51. The summed E-state index contributed by atoms with van der Waals surface area (Å²) in [4.78, 5) is 2.22. The van der Waals surface area contributed by atoms with Gasteiger partial charge in [-0.2, -0.15) is 0 Å². The van der Waals surface area contributed by atoms with Crippen LogP contribution in [0.3, 0.4) is 0 Å². The molecule has 20 heavy (non-hydrogen) atoms. The first kappa shape index (κ1) is 15.6. The molecule has 2 atom stereocenters. The van der Waals surface area contributed by atoms with Crippen LogP contribution < -0.4 is 10.2 Å². The highest BCUT2D eigenvalue weighted by atomic mass is 35.5. The van der Waals surface area contributed by atoms with Crippen LogP contribution in [0.1, 0.15) is 12.5 Å². The molecule has 1 aromatic carbocycles. The number of nitrogens with one attached hydrogen (secondary N) is 1. The summed E-state index contributed by atoms with van der Waals surface area (Å²) in [5, 5.41) is 4.09. The molecule has 0 radical (unpaired) electrons. The van der Waals surface area contributed by atoms with Crippen LogP contribution in [-0.4, -0.2) is 46.1 Å². The van der Waals surface area contributed by atoms with E-state index in [-0.39, 0.29) is 12.2 Å². The molecule has 1 heterocycles. The van der Waals surface area contributed by atoms with Gasteiger partial charge in [-0.15, -0.1) is 0 Å². The van der Waals surface area contributed by atoms with E-state index in [1.807, 2.05) is 6.07 Å². The number of methoxy groups -OCH3 is 2. The van der Waals surface area contributed by atoms with Crippen molar-refractivity contribution in [3.8, 4) is 0 Å². The SMILES string of the molecule is CCNCc1ccc(N2CC(OC)C(OC)C2)c(Cl)c1. The van der Waals surface area contributed by atoms with Crippen LogP contribution in [0.25, 0.3) is 0 Å². The number of rotatable bonds is 6. The Kier molecular flexibility index (Phi) is 5.66. The van der Waals surface area contributed by atoms with Crippen molar-refractivity contribution in [2.45, 2.75) is 25.7 Å². The number of nitrogens with zero attached hydrogens (tertiary/aromatic N) is 1. The fraction of sp³-hybridized carbons (Fsp3) is 0.600. The van der Waals surface area contributed by atoms with E-state index >= 15 is 0 Å². The molecule has 5 heteroatoms. The predicted octanol–water partition coefficient (Wildman–Crippen LogP) is 2.30. The lowest BCUT2D eigenvalue weighted by Crippen LogP contribution is -2.27. The lowest BCUT2D eigenvalue weighted by atomic mass is 10.2. The Labute approximate surface area is 126 Å². The Morgan fingerprint density at radius 1 is 1.25 bits per heavy atom. The number of anilines is 1. The van der Waals surface area contributed by atoms with Crippen LogP contribution in [-0.2, 0) is 16.0 Å². The van der Waals surface area contributed by atoms with Gasteiger partial charge in [0.15, 0.2) is 0 Å². The molecule has 0 aromatic heterocycles. The second kappa shape index (κ2) is 7.27. The first-order chi connectivity index (χ1) is 9.69. The summed E-state index contributed by atoms with van der Waals surface area (Å²) in [5.74, 6) is 0. The van der Waals surface area contributed by atoms with Gasteiger partial charge >= 0.3 is 0 Å². The van der Waals surface area contributed by atoms with Gasteiger partial charge in [-0.25, -0.2) is 0 Å². The van der Waals surface area contributed by atoms with E-state index in [9.17, 15) is 0 Å². The Morgan fingerprint density at radius 3 is 2.40 bits per heavy atom. The van der Waals surface area contributed by atoms with Crippen LogP contribution in [0.15, 0.2) is 18.2 Å². The van der Waals surface area contributed by atoms with Gasteiger partial charge in [0.1, 0.15) is 12.2 Å². The van der Waals surface area contributed by atoms with Crippen molar-refractivity contribution >= 4 is 17.3 Å². The molecule has 1 fully saturated rings. The zero-order valence-corrected chi connectivity index (χ0v) is 13.1. The fourth-order valence-electron chi connectivity index (χ4n) is 2.58. The monoisotopic (exact) mass is 298 g/mol. The minimum atomic E-state index is 0.0949. The van der Waals surface area contributed by atoms with Gasteiger partial charge in [0, 0.05) is 33.9 Å². The highest BCUT2D eigenvalue weighted by Crippen LogP contribution is 2.31. The lowest BCUT2D eigenvalue weighted by Gasteiger charge is -2.20. The number of hydrogen-bond acceptors (Lipinski definition) is 4. The van der Waals surface area contributed by atoms with Crippen LogP contribution in [0.4, 0.5) is 5.69 Å². The van der Waals surface area contributed by atoms with Gasteiger partial charge in [-0.3, -0.25) is 0 Å². The summed E-state index contributed by atoms with van der Waals surface area (Å²) in [6.07, 6.45) is 0.190. The van der Waals surface area contributed by atoms with Crippen LogP contribution in [0.5, 0.6) is 0 Å². The third-order valence-corrected chi connectivity index (χ3v) is 4.06. The van der Waals surface area contributed by atoms with Crippen molar-refractivity contribution in [3.05, 3.63) is 28.8 Å². The Morgan fingerprint density at radius 2 is 1.90 bits per heavy atom. The van der Waals surface area contributed by atoms with Crippen molar-refractivity contribution < 1.29 is 9.47 Å². The average Bonchev–Trinajstić information content (AvgIpc) is 2.88. The molecular formula is C15H23ClN2O2.